The summed E-state index contributed by atoms with van der Waals surface area (Å²) < 4.78 is 10.8. The highest BCUT2D eigenvalue weighted by atomic mass is 16.5. The molecular formula is C22H21N3O2. The molecule has 0 amide bonds. The van der Waals surface area contributed by atoms with E-state index in [4.69, 9.17) is 19.9 Å². The first kappa shape index (κ1) is 17.1. The number of nitrogens with zero attached hydrogens (tertiary/aromatic N) is 2. The Labute approximate surface area is 157 Å². The number of rotatable bonds is 4. The van der Waals surface area contributed by atoms with Crippen LogP contribution < -0.4 is 10.5 Å². The van der Waals surface area contributed by atoms with Gasteiger partial charge in [0, 0.05) is 22.4 Å². The van der Waals surface area contributed by atoms with Gasteiger partial charge in [0.05, 0.1) is 19.1 Å². The summed E-state index contributed by atoms with van der Waals surface area (Å²) in [6.07, 6.45) is 1.69. The van der Waals surface area contributed by atoms with E-state index in [-0.39, 0.29) is 5.92 Å². The van der Waals surface area contributed by atoms with Crippen molar-refractivity contribution in [1.82, 2.24) is 9.97 Å². The predicted molar refractivity (Wildman–Crippen MR) is 107 cm³/mol. The Balaban J connectivity index is 1.89. The average molecular weight is 359 g/mol. The van der Waals surface area contributed by atoms with Gasteiger partial charge in [0.25, 0.3) is 0 Å². The van der Waals surface area contributed by atoms with E-state index in [9.17, 15) is 0 Å². The van der Waals surface area contributed by atoms with E-state index < -0.39 is 0 Å². The Morgan fingerprint density at radius 1 is 1.07 bits per heavy atom. The Kier molecular flexibility index (Phi) is 4.28. The number of hydrogen-bond donors (Lipinski definition) is 1. The van der Waals surface area contributed by atoms with Gasteiger partial charge in [-0.25, -0.2) is 9.97 Å². The third-order valence-corrected chi connectivity index (χ3v) is 4.84. The monoisotopic (exact) mass is 359 g/mol. The third-order valence-electron chi connectivity index (χ3n) is 4.84. The van der Waals surface area contributed by atoms with E-state index in [1.165, 1.54) is 0 Å². The van der Waals surface area contributed by atoms with E-state index in [1.807, 2.05) is 43.3 Å². The number of anilines is 1. The van der Waals surface area contributed by atoms with Crippen LogP contribution in [0, 0.1) is 6.92 Å². The van der Waals surface area contributed by atoms with Gasteiger partial charge in [-0.1, -0.05) is 19.1 Å². The Morgan fingerprint density at radius 2 is 1.93 bits per heavy atom. The highest BCUT2D eigenvalue weighted by Gasteiger charge is 2.21. The number of ether oxygens (including phenoxy) is 1. The molecule has 1 unspecified atom stereocenters. The molecule has 4 aromatic rings. The summed E-state index contributed by atoms with van der Waals surface area (Å²) in [5.41, 5.74) is 11.1. The lowest BCUT2D eigenvalue weighted by Gasteiger charge is -2.19. The molecule has 0 aliphatic rings. The van der Waals surface area contributed by atoms with Crippen LogP contribution in [0.1, 0.15) is 29.8 Å². The van der Waals surface area contributed by atoms with Gasteiger partial charge in [0.1, 0.15) is 23.0 Å². The molecule has 0 bridgehead atoms. The lowest BCUT2D eigenvalue weighted by molar-refractivity contribution is 0.414. The van der Waals surface area contributed by atoms with Crippen LogP contribution in [0.3, 0.4) is 0 Å². The topological polar surface area (TPSA) is 74.2 Å². The van der Waals surface area contributed by atoms with E-state index in [0.29, 0.717) is 11.6 Å². The zero-order valence-electron chi connectivity index (χ0n) is 15.6. The molecule has 2 N–H and O–H groups in total. The second-order valence-electron chi connectivity index (χ2n) is 6.59. The first-order chi connectivity index (χ1) is 13.1. The zero-order chi connectivity index (χ0) is 19.0. The average Bonchev–Trinajstić information content (AvgIpc) is 3.14. The number of aryl methyl sites for hydroxylation is 1. The maximum atomic E-state index is 6.36. The molecule has 0 spiro atoms. The van der Waals surface area contributed by atoms with Crippen molar-refractivity contribution < 1.29 is 9.15 Å². The largest absolute Gasteiger partial charge is 0.497 e. The summed E-state index contributed by atoms with van der Waals surface area (Å²) in [5.74, 6) is 1.97. The number of fused-ring (bicyclic) bond motifs is 1. The maximum absolute atomic E-state index is 6.36. The van der Waals surface area contributed by atoms with Gasteiger partial charge in [-0.2, -0.15) is 0 Å². The van der Waals surface area contributed by atoms with Crippen molar-refractivity contribution >= 4 is 16.8 Å². The van der Waals surface area contributed by atoms with Crippen molar-refractivity contribution in [1.29, 1.82) is 0 Å². The van der Waals surface area contributed by atoms with Crippen LogP contribution in [0.2, 0.25) is 0 Å². The molecule has 0 saturated carbocycles. The van der Waals surface area contributed by atoms with Crippen LogP contribution in [0.25, 0.3) is 22.2 Å². The summed E-state index contributed by atoms with van der Waals surface area (Å²) in [7, 11) is 1.67. The quantitative estimate of drug-likeness (QED) is 0.558. The van der Waals surface area contributed by atoms with Crippen molar-refractivity contribution in [2.45, 2.75) is 19.8 Å². The lowest BCUT2D eigenvalue weighted by Crippen LogP contribution is -2.09. The minimum absolute atomic E-state index is 0.00995. The molecule has 5 heteroatoms. The molecule has 27 heavy (non-hydrogen) atoms. The summed E-state index contributed by atoms with van der Waals surface area (Å²) in [5, 5.41) is 1.03. The minimum Gasteiger partial charge on any atom is -0.497 e. The smallest absolute Gasteiger partial charge is 0.133 e. The molecule has 136 valence electrons. The normalized spacial score (nSPS) is 12.3. The summed E-state index contributed by atoms with van der Waals surface area (Å²) >= 11 is 0. The second-order valence-corrected chi connectivity index (χ2v) is 6.59. The SMILES string of the molecule is COc1cccc(C(C)c2c(N)nc(C)nc2-c2ccc3occc3c2)c1. The van der Waals surface area contributed by atoms with Crippen LogP contribution in [0.5, 0.6) is 5.75 Å². The number of benzene rings is 2. The van der Waals surface area contributed by atoms with Crippen LogP contribution in [0.15, 0.2) is 59.2 Å². The molecule has 4 rings (SSSR count). The van der Waals surface area contributed by atoms with Gasteiger partial charge < -0.3 is 14.9 Å². The van der Waals surface area contributed by atoms with Gasteiger partial charge >= 0.3 is 0 Å². The first-order valence-electron chi connectivity index (χ1n) is 8.82. The van der Waals surface area contributed by atoms with E-state index in [2.05, 4.69) is 24.0 Å². The molecular weight excluding hydrogens is 338 g/mol. The number of furan rings is 1. The van der Waals surface area contributed by atoms with Crippen LogP contribution in [0.4, 0.5) is 5.82 Å². The predicted octanol–water partition coefficient (Wildman–Crippen LogP) is 4.94. The van der Waals surface area contributed by atoms with E-state index in [1.54, 1.807) is 13.4 Å². The van der Waals surface area contributed by atoms with Gasteiger partial charge in [-0.05, 0) is 48.9 Å². The zero-order valence-corrected chi connectivity index (χ0v) is 15.6. The van der Waals surface area contributed by atoms with Crippen LogP contribution >= 0.6 is 0 Å². The Morgan fingerprint density at radius 3 is 2.74 bits per heavy atom. The first-order valence-corrected chi connectivity index (χ1v) is 8.82. The number of hydrogen-bond acceptors (Lipinski definition) is 5. The maximum Gasteiger partial charge on any atom is 0.133 e. The van der Waals surface area contributed by atoms with E-state index >= 15 is 0 Å². The van der Waals surface area contributed by atoms with Crippen LogP contribution in [-0.2, 0) is 0 Å². The second kappa shape index (κ2) is 6.76. The molecule has 0 aliphatic heterocycles. The summed E-state index contributed by atoms with van der Waals surface area (Å²) in [6.45, 7) is 3.97. The van der Waals surface area contributed by atoms with E-state index in [0.717, 1.165) is 39.1 Å². The number of methoxy groups -OCH3 is 1. The van der Waals surface area contributed by atoms with Crippen molar-refractivity contribution in [3.05, 3.63) is 71.7 Å². The van der Waals surface area contributed by atoms with Crippen molar-refractivity contribution in [3.63, 3.8) is 0 Å². The number of nitrogens with two attached hydrogens (primary N) is 1. The van der Waals surface area contributed by atoms with Gasteiger partial charge in [0.15, 0.2) is 0 Å². The molecule has 1 atom stereocenters. The number of aromatic nitrogens is 2. The fourth-order valence-corrected chi connectivity index (χ4v) is 3.44. The summed E-state index contributed by atoms with van der Waals surface area (Å²) in [6, 6.07) is 16.0. The summed E-state index contributed by atoms with van der Waals surface area (Å²) in [4.78, 5) is 9.15. The van der Waals surface area contributed by atoms with Gasteiger partial charge in [0.2, 0.25) is 0 Å². The molecule has 2 aromatic heterocycles. The Bertz CT molecular complexity index is 1120. The van der Waals surface area contributed by atoms with Crippen molar-refractivity contribution in [2.75, 3.05) is 12.8 Å². The van der Waals surface area contributed by atoms with Gasteiger partial charge in [-0.3, -0.25) is 0 Å². The van der Waals surface area contributed by atoms with Crippen molar-refractivity contribution in [2.24, 2.45) is 0 Å². The molecule has 0 radical (unpaired) electrons. The van der Waals surface area contributed by atoms with Gasteiger partial charge in [-0.15, -0.1) is 0 Å². The minimum atomic E-state index is 0.00995. The highest BCUT2D eigenvalue weighted by Crippen LogP contribution is 2.37. The molecule has 0 aliphatic carbocycles. The Hall–Kier alpha value is -3.34. The highest BCUT2D eigenvalue weighted by molar-refractivity contribution is 5.84. The van der Waals surface area contributed by atoms with Crippen molar-refractivity contribution in [3.8, 4) is 17.0 Å². The molecule has 2 heterocycles. The molecule has 0 fully saturated rings. The lowest BCUT2D eigenvalue weighted by atomic mass is 9.89. The fourth-order valence-electron chi connectivity index (χ4n) is 3.44. The molecule has 2 aromatic carbocycles. The fraction of sp³-hybridized carbons (Fsp3) is 0.182. The standard InChI is InChI=1S/C22H21N3O2/c1-13(15-5-4-6-18(12-15)26-3)20-21(24-14(2)25-22(20)23)17-7-8-19-16(11-17)9-10-27-19/h4-13H,1-3H3,(H2,23,24,25). The number of nitrogen functional groups attached to an aromatic ring is 1. The molecule has 5 nitrogen and oxygen atoms in total. The van der Waals surface area contributed by atoms with Crippen LogP contribution in [-0.4, -0.2) is 17.1 Å². The third kappa shape index (κ3) is 3.12. The molecule has 0 saturated heterocycles.